The largest absolute Gasteiger partial charge is 0.403 e. The predicted octanol–water partition coefficient (Wildman–Crippen LogP) is 1.10. The van der Waals surface area contributed by atoms with Crippen molar-refractivity contribution in [3.8, 4) is 0 Å². The van der Waals surface area contributed by atoms with E-state index in [-0.39, 0.29) is 17.2 Å². The van der Waals surface area contributed by atoms with Gasteiger partial charge in [-0.25, -0.2) is 27.7 Å². The maximum absolute atomic E-state index is 12.0. The summed E-state index contributed by atoms with van der Waals surface area (Å²) in [7, 11) is -3.12. The lowest BCUT2D eigenvalue weighted by Gasteiger charge is -2.09. The van der Waals surface area contributed by atoms with Crippen LogP contribution in [0.4, 0.5) is 4.79 Å². The zero-order chi connectivity index (χ0) is 17.7. The van der Waals surface area contributed by atoms with E-state index in [0.717, 1.165) is 0 Å². The van der Waals surface area contributed by atoms with E-state index in [9.17, 15) is 18.0 Å². The molecule has 9 heteroatoms. The molecule has 0 atom stereocenters. The number of para-hydroxylation sites is 1. The Kier molecular flexibility index (Phi) is 5.27. The number of allylic oxidation sites excluding steroid dienone is 3. The van der Waals surface area contributed by atoms with Crippen molar-refractivity contribution < 1.29 is 17.6 Å². The van der Waals surface area contributed by atoms with Crippen molar-refractivity contribution in [3.05, 3.63) is 71.6 Å². The van der Waals surface area contributed by atoms with Gasteiger partial charge in [0.05, 0.1) is 22.2 Å². The van der Waals surface area contributed by atoms with E-state index >= 15 is 0 Å². The van der Waals surface area contributed by atoms with Gasteiger partial charge in [0.15, 0.2) is 0 Å². The molecule has 2 amide bonds. The Morgan fingerprint density at radius 1 is 1.21 bits per heavy atom. The molecule has 24 heavy (non-hydrogen) atoms. The molecule has 0 saturated carbocycles. The number of benzene rings is 1. The molecule has 0 saturated heterocycles. The fourth-order valence-electron chi connectivity index (χ4n) is 1.91. The maximum atomic E-state index is 12.0. The van der Waals surface area contributed by atoms with Crippen LogP contribution in [0.25, 0.3) is 16.5 Å². The molecule has 2 rings (SSSR count). The summed E-state index contributed by atoms with van der Waals surface area (Å²) in [5.74, 6) is -0.0876. The number of fused-ring (bicyclic) bond motifs is 1. The van der Waals surface area contributed by atoms with Gasteiger partial charge in [0, 0.05) is 0 Å². The van der Waals surface area contributed by atoms with E-state index in [0.29, 0.717) is 10.9 Å². The number of thiol groups is 1. The first-order valence-electron chi connectivity index (χ1n) is 6.57. The summed E-state index contributed by atoms with van der Waals surface area (Å²) in [5, 5.41) is 2.57. The van der Waals surface area contributed by atoms with Crippen LogP contribution in [-0.2, 0) is 10.9 Å². The Bertz CT molecular complexity index is 980. The molecule has 0 fully saturated rings. The fourth-order valence-corrected chi connectivity index (χ4v) is 2.13. The van der Waals surface area contributed by atoms with Gasteiger partial charge in [-0.05, 0) is 18.2 Å². The third kappa shape index (κ3) is 3.76. The van der Waals surface area contributed by atoms with Gasteiger partial charge >= 0.3 is 11.7 Å². The molecular weight excluding hydrogens is 334 g/mol. The highest BCUT2D eigenvalue weighted by Gasteiger charge is 2.14. The number of nitrogens with one attached hydrogen (secondary N) is 2. The second-order valence-corrected chi connectivity index (χ2v) is 5.12. The zero-order valence-corrected chi connectivity index (χ0v) is 13.2. The molecule has 0 aliphatic rings. The second kappa shape index (κ2) is 7.38. The minimum absolute atomic E-state index is 0.0743. The Balaban J connectivity index is 2.56. The normalized spacial score (nSPS) is 11.7. The average Bonchev–Trinajstić information content (AvgIpc) is 2.54. The van der Waals surface area contributed by atoms with Gasteiger partial charge in [-0.15, -0.1) is 0 Å². The number of hydrogen-bond acceptors (Lipinski definition) is 6. The van der Waals surface area contributed by atoms with Crippen molar-refractivity contribution in [2.75, 3.05) is 0 Å². The van der Waals surface area contributed by atoms with Crippen LogP contribution in [-0.4, -0.2) is 19.4 Å². The lowest BCUT2D eigenvalue weighted by molar-refractivity contribution is 0.248. The number of nitrogens with zero attached hydrogens (tertiary/aromatic N) is 1. The number of urea groups is 1. The number of hydrogen-bond donors (Lipinski definition) is 3. The van der Waals surface area contributed by atoms with Crippen LogP contribution in [0.2, 0.25) is 0 Å². The number of carbonyl (C=O) groups excluding carboxylic acids is 1. The summed E-state index contributed by atoms with van der Waals surface area (Å²) in [5.41, 5.74) is 0.0402. The van der Waals surface area contributed by atoms with Gasteiger partial charge in [-0.2, -0.15) is 0 Å². The highest BCUT2D eigenvalue weighted by molar-refractivity contribution is 7.70. The van der Waals surface area contributed by atoms with Crippen LogP contribution in [0.1, 0.15) is 5.89 Å². The van der Waals surface area contributed by atoms with Crippen molar-refractivity contribution in [1.29, 1.82) is 0 Å². The van der Waals surface area contributed by atoms with E-state index in [4.69, 9.17) is 4.42 Å². The first-order valence-corrected chi connectivity index (χ1v) is 7.75. The highest BCUT2D eigenvalue weighted by Crippen LogP contribution is 2.18. The van der Waals surface area contributed by atoms with Gasteiger partial charge in [-0.1, -0.05) is 31.4 Å². The van der Waals surface area contributed by atoms with Gasteiger partial charge in [-0.3, -0.25) is 0 Å². The molecular formula is C15H13N3O5S. The third-order valence-corrected chi connectivity index (χ3v) is 3.29. The molecule has 8 nitrogen and oxygen atoms in total. The van der Waals surface area contributed by atoms with Crippen molar-refractivity contribution in [3.63, 3.8) is 0 Å². The molecule has 0 aliphatic carbocycles. The molecule has 0 spiro atoms. The fraction of sp³-hybridized carbons (Fsp3) is 0. The number of rotatable bonds is 5. The number of carbonyl (C=O) groups is 1. The van der Waals surface area contributed by atoms with Crippen LogP contribution >= 0.6 is 0 Å². The summed E-state index contributed by atoms with van der Waals surface area (Å²) >= 11 is 0. The van der Waals surface area contributed by atoms with Crippen LogP contribution in [0.3, 0.4) is 0 Å². The van der Waals surface area contributed by atoms with Gasteiger partial charge in [0.1, 0.15) is 0 Å². The van der Waals surface area contributed by atoms with Crippen molar-refractivity contribution in [2.24, 2.45) is 0 Å². The van der Waals surface area contributed by atoms with Gasteiger partial charge < -0.3 is 9.73 Å². The molecule has 0 bridgehead atoms. The lowest BCUT2D eigenvalue weighted by Crippen LogP contribution is -2.33. The average molecular weight is 347 g/mol. The SMILES string of the molecule is C=C/C(NC(=O)N[SH](=O)=O)=C(\C=C)c1nc2ccccc2c(=O)o1. The Morgan fingerprint density at radius 3 is 2.54 bits per heavy atom. The minimum atomic E-state index is -3.12. The van der Waals surface area contributed by atoms with Gasteiger partial charge in [0.25, 0.3) is 0 Å². The molecule has 0 unspecified atom stereocenters. The molecule has 0 aliphatic heterocycles. The van der Waals surface area contributed by atoms with Crippen LogP contribution in [0.15, 0.2) is 64.5 Å². The Labute approximate surface area is 138 Å². The first kappa shape index (κ1) is 17.2. The third-order valence-electron chi connectivity index (χ3n) is 2.91. The number of aromatic nitrogens is 1. The van der Waals surface area contributed by atoms with Crippen LogP contribution in [0, 0.1) is 0 Å². The van der Waals surface area contributed by atoms with E-state index in [1.54, 1.807) is 29.0 Å². The highest BCUT2D eigenvalue weighted by atomic mass is 32.2. The summed E-state index contributed by atoms with van der Waals surface area (Å²) in [6, 6.07) is 5.59. The maximum Gasteiger partial charge on any atom is 0.347 e. The molecule has 0 radical (unpaired) electrons. The molecule has 1 heterocycles. The number of amides is 2. The predicted molar refractivity (Wildman–Crippen MR) is 89.6 cm³/mol. The van der Waals surface area contributed by atoms with Crippen LogP contribution < -0.4 is 15.7 Å². The standard InChI is InChI=1S/C15H13N3O5S/c1-3-9(11(4-2)17-15(20)18-24(21)22)13-16-12-8-6-5-7-10(12)14(19)23-13/h3-8,24H,1-2H2,(H2,17,18,20,21,22)/b11-9-. The molecule has 1 aromatic carbocycles. The topological polar surface area (TPSA) is 118 Å². The van der Waals surface area contributed by atoms with E-state index < -0.39 is 22.5 Å². The molecule has 124 valence electrons. The van der Waals surface area contributed by atoms with Crippen LogP contribution in [0.5, 0.6) is 0 Å². The first-order chi connectivity index (χ1) is 11.5. The lowest BCUT2D eigenvalue weighted by atomic mass is 10.2. The molecule has 2 aromatic rings. The summed E-state index contributed by atoms with van der Waals surface area (Å²) in [6.45, 7) is 7.11. The summed E-state index contributed by atoms with van der Waals surface area (Å²) in [4.78, 5) is 27.8. The quantitative estimate of drug-likeness (QED) is 0.550. The van der Waals surface area contributed by atoms with E-state index in [1.807, 2.05) is 0 Å². The van der Waals surface area contributed by atoms with E-state index in [1.165, 1.54) is 12.2 Å². The van der Waals surface area contributed by atoms with Crippen molar-refractivity contribution in [2.45, 2.75) is 0 Å². The molecule has 2 N–H and O–H groups in total. The summed E-state index contributed by atoms with van der Waals surface area (Å²) in [6.07, 6.45) is 2.54. The zero-order valence-electron chi connectivity index (χ0n) is 12.3. The minimum Gasteiger partial charge on any atom is -0.403 e. The van der Waals surface area contributed by atoms with Crippen molar-refractivity contribution >= 4 is 33.4 Å². The summed E-state index contributed by atoms with van der Waals surface area (Å²) < 4.78 is 27.8. The van der Waals surface area contributed by atoms with Crippen molar-refractivity contribution in [1.82, 2.24) is 15.0 Å². The van der Waals surface area contributed by atoms with E-state index in [2.05, 4.69) is 23.5 Å². The Morgan fingerprint density at radius 2 is 1.92 bits per heavy atom. The smallest absolute Gasteiger partial charge is 0.347 e. The Hall–Kier alpha value is -3.20. The second-order valence-electron chi connectivity index (χ2n) is 4.38. The van der Waals surface area contributed by atoms with Gasteiger partial charge in [0.2, 0.25) is 16.8 Å². The molecule has 1 aromatic heterocycles. The monoisotopic (exact) mass is 347 g/mol.